The summed E-state index contributed by atoms with van der Waals surface area (Å²) >= 11 is 6.01. The van der Waals surface area contributed by atoms with E-state index in [0.29, 0.717) is 23.9 Å². The van der Waals surface area contributed by atoms with Gasteiger partial charge in [0.25, 0.3) is 0 Å². The molecule has 0 amide bonds. The Hall–Kier alpha value is -1.91. The molecule has 5 heteroatoms. The molecule has 0 atom stereocenters. The summed E-state index contributed by atoms with van der Waals surface area (Å²) in [6.07, 6.45) is 0. The molecule has 0 unspecified atom stereocenters. The van der Waals surface area contributed by atoms with Gasteiger partial charge in [-0.25, -0.2) is 0 Å². The highest BCUT2D eigenvalue weighted by molar-refractivity contribution is 6.30. The number of hydrogen-bond donors (Lipinski definition) is 1. The first-order valence-electron chi connectivity index (χ1n) is 6.50. The Labute approximate surface area is 129 Å². The molecule has 2 rings (SSSR count). The van der Waals surface area contributed by atoms with E-state index in [1.807, 2.05) is 30.3 Å². The third kappa shape index (κ3) is 3.80. The lowest BCUT2D eigenvalue weighted by molar-refractivity contribution is 0.292. The second-order valence-electron chi connectivity index (χ2n) is 4.42. The van der Waals surface area contributed by atoms with E-state index in [2.05, 4.69) is 0 Å². The minimum Gasteiger partial charge on any atom is -0.497 e. The van der Waals surface area contributed by atoms with Crippen molar-refractivity contribution >= 4 is 11.6 Å². The first-order chi connectivity index (χ1) is 10.2. The minimum absolute atomic E-state index is 0.337. The molecule has 0 aliphatic rings. The Bertz CT molecular complexity index is 616. The zero-order valence-corrected chi connectivity index (χ0v) is 12.8. The summed E-state index contributed by atoms with van der Waals surface area (Å²) < 4.78 is 16.4. The van der Waals surface area contributed by atoms with E-state index in [4.69, 9.17) is 31.5 Å². The molecular formula is C16H18ClNO3. The predicted octanol–water partition coefficient (Wildman–Crippen LogP) is 3.39. The number of benzene rings is 2. The van der Waals surface area contributed by atoms with Gasteiger partial charge >= 0.3 is 0 Å². The van der Waals surface area contributed by atoms with E-state index in [0.717, 1.165) is 22.6 Å². The molecule has 0 aliphatic heterocycles. The zero-order valence-electron chi connectivity index (χ0n) is 12.1. The van der Waals surface area contributed by atoms with Gasteiger partial charge in [-0.1, -0.05) is 17.7 Å². The fourth-order valence-corrected chi connectivity index (χ4v) is 2.17. The quantitative estimate of drug-likeness (QED) is 0.888. The van der Waals surface area contributed by atoms with Crippen LogP contribution in [0.2, 0.25) is 5.02 Å². The molecule has 0 saturated heterocycles. The normalized spacial score (nSPS) is 10.3. The van der Waals surface area contributed by atoms with Crippen molar-refractivity contribution in [3.63, 3.8) is 0 Å². The summed E-state index contributed by atoms with van der Waals surface area (Å²) in [6.45, 7) is 0.732. The van der Waals surface area contributed by atoms with Crippen LogP contribution in [0.3, 0.4) is 0 Å². The number of rotatable bonds is 6. The van der Waals surface area contributed by atoms with Crippen LogP contribution < -0.4 is 19.9 Å². The molecule has 0 aliphatic carbocycles. The SMILES string of the molecule is COc1ccc(CN)c(OCc2cc(Cl)ccc2OC)c1. The van der Waals surface area contributed by atoms with Gasteiger partial charge in [-0.3, -0.25) is 0 Å². The lowest BCUT2D eigenvalue weighted by Gasteiger charge is -2.14. The first kappa shape index (κ1) is 15.5. The third-order valence-corrected chi connectivity index (χ3v) is 3.35. The summed E-state index contributed by atoms with van der Waals surface area (Å²) in [5.74, 6) is 2.15. The van der Waals surface area contributed by atoms with E-state index in [9.17, 15) is 0 Å². The molecule has 4 nitrogen and oxygen atoms in total. The van der Waals surface area contributed by atoms with Crippen LogP contribution in [0.1, 0.15) is 11.1 Å². The van der Waals surface area contributed by atoms with Crippen LogP contribution in [-0.2, 0) is 13.2 Å². The number of hydrogen-bond acceptors (Lipinski definition) is 4. The van der Waals surface area contributed by atoms with Crippen molar-refractivity contribution in [2.45, 2.75) is 13.2 Å². The molecule has 21 heavy (non-hydrogen) atoms. The van der Waals surface area contributed by atoms with Crippen LogP contribution in [0.15, 0.2) is 36.4 Å². The smallest absolute Gasteiger partial charge is 0.127 e. The molecule has 0 radical (unpaired) electrons. The van der Waals surface area contributed by atoms with Gasteiger partial charge in [-0.05, 0) is 24.3 Å². The summed E-state index contributed by atoms with van der Waals surface area (Å²) in [4.78, 5) is 0. The molecule has 112 valence electrons. The van der Waals surface area contributed by atoms with Gasteiger partial charge in [0.15, 0.2) is 0 Å². The van der Waals surface area contributed by atoms with E-state index in [1.54, 1.807) is 20.3 Å². The molecule has 0 aromatic heterocycles. The predicted molar refractivity (Wildman–Crippen MR) is 83.2 cm³/mol. The Morgan fingerprint density at radius 2 is 1.76 bits per heavy atom. The summed E-state index contributed by atoms with van der Waals surface area (Å²) in [6, 6.07) is 11.0. The summed E-state index contributed by atoms with van der Waals surface area (Å²) in [7, 11) is 3.23. The molecule has 0 bridgehead atoms. The van der Waals surface area contributed by atoms with Gasteiger partial charge < -0.3 is 19.9 Å². The van der Waals surface area contributed by atoms with E-state index in [1.165, 1.54) is 0 Å². The molecule has 2 aromatic carbocycles. The third-order valence-electron chi connectivity index (χ3n) is 3.12. The van der Waals surface area contributed by atoms with Crippen LogP contribution in [0.5, 0.6) is 17.2 Å². The molecule has 0 saturated carbocycles. The fourth-order valence-electron chi connectivity index (χ4n) is 1.98. The van der Waals surface area contributed by atoms with Crippen molar-refractivity contribution < 1.29 is 14.2 Å². The standard InChI is InChI=1S/C16H18ClNO3/c1-19-14-5-3-11(9-18)16(8-14)21-10-12-7-13(17)4-6-15(12)20-2/h3-8H,9-10,18H2,1-2H3. The second kappa shape index (κ2) is 7.20. The Balaban J connectivity index is 2.21. The van der Waals surface area contributed by atoms with Crippen molar-refractivity contribution in [1.29, 1.82) is 0 Å². The molecular weight excluding hydrogens is 290 g/mol. The van der Waals surface area contributed by atoms with Gasteiger partial charge in [-0.15, -0.1) is 0 Å². The molecule has 0 spiro atoms. The Morgan fingerprint density at radius 3 is 2.43 bits per heavy atom. The lowest BCUT2D eigenvalue weighted by atomic mass is 10.2. The Morgan fingerprint density at radius 1 is 0.952 bits per heavy atom. The Kier molecular flexibility index (Phi) is 5.31. The molecule has 2 aromatic rings. The molecule has 0 fully saturated rings. The zero-order chi connectivity index (χ0) is 15.2. The van der Waals surface area contributed by atoms with Gasteiger partial charge in [0.1, 0.15) is 23.9 Å². The van der Waals surface area contributed by atoms with Crippen LogP contribution in [0.25, 0.3) is 0 Å². The monoisotopic (exact) mass is 307 g/mol. The number of halogens is 1. The van der Waals surface area contributed by atoms with Gasteiger partial charge in [0, 0.05) is 28.8 Å². The maximum Gasteiger partial charge on any atom is 0.127 e. The highest BCUT2D eigenvalue weighted by Gasteiger charge is 2.08. The van der Waals surface area contributed by atoms with E-state index >= 15 is 0 Å². The largest absolute Gasteiger partial charge is 0.497 e. The fraction of sp³-hybridized carbons (Fsp3) is 0.250. The van der Waals surface area contributed by atoms with Crippen LogP contribution >= 0.6 is 11.6 Å². The van der Waals surface area contributed by atoms with Crippen LogP contribution in [0, 0.1) is 0 Å². The average molecular weight is 308 g/mol. The number of methoxy groups -OCH3 is 2. The van der Waals surface area contributed by atoms with Crippen molar-refractivity contribution in [3.05, 3.63) is 52.5 Å². The molecule has 2 N–H and O–H groups in total. The average Bonchev–Trinajstić information content (AvgIpc) is 2.52. The second-order valence-corrected chi connectivity index (χ2v) is 4.86. The highest BCUT2D eigenvalue weighted by atomic mass is 35.5. The first-order valence-corrected chi connectivity index (χ1v) is 6.88. The van der Waals surface area contributed by atoms with Crippen molar-refractivity contribution in [1.82, 2.24) is 0 Å². The lowest BCUT2D eigenvalue weighted by Crippen LogP contribution is -2.04. The van der Waals surface area contributed by atoms with Crippen LogP contribution in [-0.4, -0.2) is 14.2 Å². The maximum absolute atomic E-state index is 6.01. The minimum atomic E-state index is 0.337. The van der Waals surface area contributed by atoms with Gasteiger partial charge in [-0.2, -0.15) is 0 Å². The highest BCUT2D eigenvalue weighted by Crippen LogP contribution is 2.28. The molecule has 0 heterocycles. The van der Waals surface area contributed by atoms with Gasteiger partial charge in [0.05, 0.1) is 14.2 Å². The van der Waals surface area contributed by atoms with Gasteiger partial charge in [0.2, 0.25) is 0 Å². The van der Waals surface area contributed by atoms with Crippen molar-refractivity contribution in [2.75, 3.05) is 14.2 Å². The van der Waals surface area contributed by atoms with Crippen molar-refractivity contribution in [2.24, 2.45) is 5.73 Å². The topological polar surface area (TPSA) is 53.7 Å². The summed E-state index contributed by atoms with van der Waals surface area (Å²) in [5.41, 5.74) is 7.51. The van der Waals surface area contributed by atoms with E-state index < -0.39 is 0 Å². The number of nitrogens with two attached hydrogens (primary N) is 1. The van der Waals surface area contributed by atoms with Crippen LogP contribution in [0.4, 0.5) is 0 Å². The van der Waals surface area contributed by atoms with E-state index in [-0.39, 0.29) is 0 Å². The summed E-state index contributed by atoms with van der Waals surface area (Å²) in [5, 5.41) is 0.638. The van der Waals surface area contributed by atoms with Crippen molar-refractivity contribution in [3.8, 4) is 17.2 Å². The maximum atomic E-state index is 6.01. The number of ether oxygens (including phenoxy) is 3.